The molecule has 6 rings (SSSR count). The summed E-state index contributed by atoms with van der Waals surface area (Å²) >= 11 is 3.56. The van der Waals surface area contributed by atoms with E-state index in [9.17, 15) is 0 Å². The molecule has 10 nitrogen and oxygen atoms in total. The summed E-state index contributed by atoms with van der Waals surface area (Å²) in [5.41, 5.74) is 7.51. The number of halogens is 1. The molecule has 43 heavy (non-hydrogen) atoms. The first-order valence-corrected chi connectivity index (χ1v) is 15.9. The quantitative estimate of drug-likeness (QED) is 0.227. The number of piperazine rings is 1. The first kappa shape index (κ1) is 30.7. The number of nitrogens with one attached hydrogen (secondary N) is 2. The summed E-state index contributed by atoms with van der Waals surface area (Å²) < 4.78 is 0.766. The van der Waals surface area contributed by atoms with Crippen molar-refractivity contribution in [2.75, 3.05) is 67.5 Å². The van der Waals surface area contributed by atoms with Gasteiger partial charge in [-0.25, -0.2) is 9.97 Å². The third kappa shape index (κ3) is 8.03. The molecule has 0 bridgehead atoms. The van der Waals surface area contributed by atoms with E-state index in [4.69, 9.17) is 9.90 Å². The first-order valence-electron chi connectivity index (χ1n) is 15.1. The minimum absolute atomic E-state index is 0.765. The van der Waals surface area contributed by atoms with Gasteiger partial charge in [-0.05, 0) is 90.4 Å². The SMILES string of the molecule is CC(=O)O.Cc1c(NCCN2CCCC2)cc(CCc2ccccc2)cc1N1CCN(c2ncnc3[nH]nc(Br)c23)CC1. The molecule has 0 aliphatic carbocycles. The molecule has 0 radical (unpaired) electrons. The predicted octanol–water partition coefficient (Wildman–Crippen LogP) is 5.13. The number of rotatable bonds is 9. The van der Waals surface area contributed by atoms with Crippen LogP contribution in [0.5, 0.6) is 0 Å². The summed E-state index contributed by atoms with van der Waals surface area (Å²) in [7, 11) is 0. The van der Waals surface area contributed by atoms with Gasteiger partial charge in [0.05, 0.1) is 5.39 Å². The van der Waals surface area contributed by atoms with Gasteiger partial charge in [-0.1, -0.05) is 30.3 Å². The number of aliphatic carboxylic acids is 1. The fourth-order valence-corrected chi connectivity index (χ4v) is 6.36. The van der Waals surface area contributed by atoms with Crippen molar-refractivity contribution in [3.63, 3.8) is 0 Å². The summed E-state index contributed by atoms with van der Waals surface area (Å²) in [5, 5.41) is 19.4. The second-order valence-electron chi connectivity index (χ2n) is 11.2. The Kier molecular flexibility index (Phi) is 10.5. The standard InChI is InChI=1S/C30H37BrN8.C2H4O2/c1-22-25(32-11-14-37-12-5-6-13-37)19-24(10-9-23-7-3-2-4-8-23)20-26(22)38-15-17-39(18-16-38)30-27-28(31)35-36-29(27)33-21-34-30;1-2(3)4/h2-4,7-8,19-21,32H,5-6,9-18H2,1H3,(H,33,34,35,36);1H3,(H,3,4). The van der Waals surface area contributed by atoms with Crippen LogP contribution in [-0.2, 0) is 17.6 Å². The maximum absolute atomic E-state index is 9.00. The number of carbonyl (C=O) groups is 1. The van der Waals surface area contributed by atoms with E-state index < -0.39 is 5.97 Å². The smallest absolute Gasteiger partial charge is 0.300 e. The van der Waals surface area contributed by atoms with Gasteiger partial charge in [0.25, 0.3) is 5.97 Å². The Morgan fingerprint density at radius 3 is 2.37 bits per heavy atom. The van der Waals surface area contributed by atoms with Gasteiger partial charge in [0.15, 0.2) is 5.65 Å². The molecule has 228 valence electrons. The topological polar surface area (TPSA) is 114 Å². The number of carboxylic acids is 1. The molecule has 0 atom stereocenters. The Morgan fingerprint density at radius 2 is 1.65 bits per heavy atom. The number of carboxylic acid groups (broad SMARTS) is 1. The van der Waals surface area contributed by atoms with Gasteiger partial charge in [-0.3, -0.25) is 9.89 Å². The van der Waals surface area contributed by atoms with E-state index >= 15 is 0 Å². The molecule has 2 fully saturated rings. The van der Waals surface area contributed by atoms with Crippen LogP contribution in [0.1, 0.15) is 36.5 Å². The minimum atomic E-state index is -0.833. The fourth-order valence-electron chi connectivity index (χ4n) is 5.91. The number of aromatic nitrogens is 4. The van der Waals surface area contributed by atoms with Gasteiger partial charge in [-0.2, -0.15) is 5.10 Å². The Labute approximate surface area is 261 Å². The van der Waals surface area contributed by atoms with Crippen molar-refractivity contribution < 1.29 is 9.90 Å². The van der Waals surface area contributed by atoms with Crippen LogP contribution in [0.4, 0.5) is 17.2 Å². The lowest BCUT2D eigenvalue weighted by atomic mass is 10.00. The summed E-state index contributed by atoms with van der Waals surface area (Å²) in [6.07, 6.45) is 6.37. The van der Waals surface area contributed by atoms with Crippen molar-refractivity contribution in [1.29, 1.82) is 0 Å². The van der Waals surface area contributed by atoms with E-state index in [2.05, 4.69) is 106 Å². The van der Waals surface area contributed by atoms with Gasteiger partial charge in [0.2, 0.25) is 0 Å². The van der Waals surface area contributed by atoms with Gasteiger partial charge < -0.3 is 25.1 Å². The van der Waals surface area contributed by atoms with Gasteiger partial charge in [0, 0.05) is 57.6 Å². The average molecular weight is 650 g/mol. The predicted molar refractivity (Wildman–Crippen MR) is 176 cm³/mol. The largest absolute Gasteiger partial charge is 0.481 e. The van der Waals surface area contributed by atoms with E-state index in [0.717, 1.165) is 80.5 Å². The molecule has 2 aliphatic heterocycles. The van der Waals surface area contributed by atoms with Gasteiger partial charge in [-0.15, -0.1) is 0 Å². The van der Waals surface area contributed by atoms with E-state index in [1.54, 1.807) is 6.33 Å². The molecule has 2 saturated heterocycles. The maximum Gasteiger partial charge on any atom is 0.300 e. The molecule has 0 amide bonds. The number of H-pyrrole nitrogens is 1. The van der Waals surface area contributed by atoms with E-state index in [0.29, 0.717) is 0 Å². The molecule has 4 heterocycles. The van der Waals surface area contributed by atoms with Crippen LogP contribution in [-0.4, -0.2) is 88.5 Å². The first-order chi connectivity index (χ1) is 20.9. The molecule has 0 spiro atoms. The van der Waals surface area contributed by atoms with Crippen molar-refractivity contribution in [2.45, 2.75) is 39.5 Å². The summed E-state index contributed by atoms with van der Waals surface area (Å²) in [6.45, 7) is 11.6. The van der Waals surface area contributed by atoms with Crippen LogP contribution >= 0.6 is 15.9 Å². The lowest BCUT2D eigenvalue weighted by molar-refractivity contribution is -0.134. The molecule has 4 aromatic rings. The fraction of sp³-hybridized carbons (Fsp3) is 0.438. The zero-order chi connectivity index (χ0) is 30.2. The number of benzene rings is 2. The molecule has 3 N–H and O–H groups in total. The lowest BCUT2D eigenvalue weighted by Crippen LogP contribution is -2.47. The normalized spacial score (nSPS) is 15.4. The van der Waals surface area contributed by atoms with E-state index in [1.165, 1.54) is 54.0 Å². The van der Waals surface area contributed by atoms with Crippen LogP contribution in [0, 0.1) is 6.92 Å². The lowest BCUT2D eigenvalue weighted by Gasteiger charge is -2.38. The van der Waals surface area contributed by atoms with Crippen LogP contribution in [0.3, 0.4) is 0 Å². The highest BCUT2D eigenvalue weighted by Gasteiger charge is 2.24. The van der Waals surface area contributed by atoms with Crippen LogP contribution in [0.2, 0.25) is 0 Å². The third-order valence-corrected chi connectivity index (χ3v) is 8.71. The van der Waals surface area contributed by atoms with Gasteiger partial charge >= 0.3 is 0 Å². The summed E-state index contributed by atoms with van der Waals surface area (Å²) in [5.74, 6) is 0.109. The highest BCUT2D eigenvalue weighted by molar-refractivity contribution is 9.10. The highest BCUT2D eigenvalue weighted by atomic mass is 79.9. The summed E-state index contributed by atoms with van der Waals surface area (Å²) in [4.78, 5) is 25.4. The average Bonchev–Trinajstić information content (AvgIpc) is 3.67. The number of nitrogens with zero attached hydrogens (tertiary/aromatic N) is 6. The number of hydrogen-bond donors (Lipinski definition) is 3. The zero-order valence-corrected chi connectivity index (χ0v) is 26.6. The van der Waals surface area contributed by atoms with Crippen LogP contribution in [0.15, 0.2) is 53.4 Å². The molecule has 11 heteroatoms. The molecule has 2 aromatic heterocycles. The molecular formula is C32H41BrN8O2. The van der Waals surface area contributed by atoms with E-state index in [-0.39, 0.29) is 0 Å². The number of aryl methyl sites for hydroxylation is 2. The molecule has 0 saturated carbocycles. The number of hydrogen-bond acceptors (Lipinski definition) is 8. The molecule has 2 aromatic carbocycles. The summed E-state index contributed by atoms with van der Waals surface area (Å²) in [6, 6.07) is 15.6. The van der Waals surface area contributed by atoms with Crippen molar-refractivity contribution in [3.8, 4) is 0 Å². The van der Waals surface area contributed by atoms with Gasteiger partial charge in [0.1, 0.15) is 16.7 Å². The van der Waals surface area contributed by atoms with Crippen molar-refractivity contribution in [2.24, 2.45) is 0 Å². The Hall–Kier alpha value is -3.70. The van der Waals surface area contributed by atoms with Crippen LogP contribution in [0.25, 0.3) is 11.0 Å². The van der Waals surface area contributed by atoms with E-state index in [1.807, 2.05) is 0 Å². The number of anilines is 3. The molecular weight excluding hydrogens is 608 g/mol. The third-order valence-electron chi connectivity index (χ3n) is 8.14. The second kappa shape index (κ2) is 14.7. The minimum Gasteiger partial charge on any atom is -0.481 e. The monoisotopic (exact) mass is 648 g/mol. The zero-order valence-electron chi connectivity index (χ0n) is 25.0. The number of fused-ring (bicyclic) bond motifs is 1. The Bertz CT molecular complexity index is 1490. The highest BCUT2D eigenvalue weighted by Crippen LogP contribution is 2.33. The van der Waals surface area contributed by atoms with Crippen molar-refractivity contribution in [3.05, 3.63) is 70.1 Å². The Balaban J connectivity index is 0.000000868. The van der Waals surface area contributed by atoms with Crippen molar-refractivity contribution >= 4 is 50.1 Å². The van der Waals surface area contributed by atoms with Crippen LogP contribution < -0.4 is 15.1 Å². The second-order valence-corrected chi connectivity index (χ2v) is 11.9. The maximum atomic E-state index is 9.00. The molecule has 2 aliphatic rings. The van der Waals surface area contributed by atoms with Crippen molar-refractivity contribution in [1.82, 2.24) is 25.1 Å². The number of likely N-dealkylation sites (tertiary alicyclic amines) is 1. The molecule has 0 unspecified atom stereocenters. The number of aromatic amines is 1. The Morgan fingerprint density at radius 1 is 0.977 bits per heavy atom.